The van der Waals surface area contributed by atoms with Gasteiger partial charge in [-0.25, -0.2) is 0 Å². The minimum absolute atomic E-state index is 0.727. The van der Waals surface area contributed by atoms with E-state index in [9.17, 15) is 0 Å². The summed E-state index contributed by atoms with van der Waals surface area (Å²) >= 11 is 0. The van der Waals surface area contributed by atoms with Crippen LogP contribution in [0.2, 0.25) is 0 Å². The summed E-state index contributed by atoms with van der Waals surface area (Å²) in [6, 6.07) is 0. The molecule has 1 rings (SSSR count). The molecule has 0 aromatic heterocycles. The van der Waals surface area contributed by atoms with Crippen LogP contribution in [-0.2, 0) is 0 Å². The standard InChI is InChI=1S/C16H32N4/c1-5-8-9-11-19(4)16(17-6-2)18-13-15-10-12-20(7-3)14-15/h5,15H,1,6-14H2,2-4H3,(H,17,18). The Hall–Kier alpha value is -1.03. The molecule has 116 valence electrons. The summed E-state index contributed by atoms with van der Waals surface area (Å²) in [7, 11) is 2.12. The van der Waals surface area contributed by atoms with E-state index in [1.807, 2.05) is 6.08 Å². The predicted octanol–water partition coefficient (Wildman–Crippen LogP) is 2.19. The highest BCUT2D eigenvalue weighted by atomic mass is 15.3. The second kappa shape index (κ2) is 9.81. The Kier molecular flexibility index (Phi) is 8.35. The highest BCUT2D eigenvalue weighted by molar-refractivity contribution is 5.79. The molecule has 0 bridgehead atoms. The normalized spacial score (nSPS) is 20.1. The van der Waals surface area contributed by atoms with Gasteiger partial charge in [-0.2, -0.15) is 0 Å². The zero-order valence-corrected chi connectivity index (χ0v) is 13.6. The number of allylic oxidation sites excluding steroid dienone is 1. The topological polar surface area (TPSA) is 30.9 Å². The monoisotopic (exact) mass is 280 g/mol. The van der Waals surface area contributed by atoms with Gasteiger partial charge in [0.05, 0.1) is 0 Å². The summed E-state index contributed by atoms with van der Waals surface area (Å²) < 4.78 is 0. The van der Waals surface area contributed by atoms with Gasteiger partial charge >= 0.3 is 0 Å². The first-order valence-electron chi connectivity index (χ1n) is 8.03. The molecule has 1 unspecified atom stereocenters. The fourth-order valence-electron chi connectivity index (χ4n) is 2.61. The predicted molar refractivity (Wildman–Crippen MR) is 88.3 cm³/mol. The molecule has 1 N–H and O–H groups in total. The van der Waals surface area contributed by atoms with Gasteiger partial charge in [0.25, 0.3) is 0 Å². The van der Waals surface area contributed by atoms with Crippen LogP contribution in [0.25, 0.3) is 0 Å². The number of likely N-dealkylation sites (tertiary alicyclic amines) is 1. The molecule has 0 saturated carbocycles. The van der Waals surface area contributed by atoms with Gasteiger partial charge in [0.1, 0.15) is 0 Å². The van der Waals surface area contributed by atoms with Crippen molar-refractivity contribution in [1.29, 1.82) is 0 Å². The molecule has 0 aromatic rings. The lowest BCUT2D eigenvalue weighted by Crippen LogP contribution is -2.39. The molecule has 1 fully saturated rings. The lowest BCUT2D eigenvalue weighted by Gasteiger charge is -2.22. The van der Waals surface area contributed by atoms with Crippen LogP contribution >= 0.6 is 0 Å². The van der Waals surface area contributed by atoms with E-state index in [4.69, 9.17) is 4.99 Å². The molecule has 0 aromatic carbocycles. The van der Waals surface area contributed by atoms with Crippen molar-refractivity contribution in [1.82, 2.24) is 15.1 Å². The first kappa shape index (κ1) is 17.0. The Morgan fingerprint density at radius 2 is 2.30 bits per heavy atom. The van der Waals surface area contributed by atoms with E-state index < -0.39 is 0 Å². The van der Waals surface area contributed by atoms with Crippen molar-refractivity contribution in [3.8, 4) is 0 Å². The highest BCUT2D eigenvalue weighted by Gasteiger charge is 2.20. The lowest BCUT2D eigenvalue weighted by atomic mass is 10.1. The number of nitrogens with zero attached hydrogens (tertiary/aromatic N) is 3. The molecule has 0 radical (unpaired) electrons. The maximum atomic E-state index is 4.82. The molecule has 1 heterocycles. The Bertz CT molecular complexity index is 301. The van der Waals surface area contributed by atoms with E-state index in [-0.39, 0.29) is 0 Å². The molecule has 1 aliphatic heterocycles. The minimum atomic E-state index is 0.727. The second-order valence-corrected chi connectivity index (χ2v) is 5.60. The molecule has 20 heavy (non-hydrogen) atoms. The molecule has 1 atom stereocenters. The minimum Gasteiger partial charge on any atom is -0.357 e. The van der Waals surface area contributed by atoms with E-state index in [1.165, 1.54) is 26.1 Å². The number of guanidine groups is 1. The fraction of sp³-hybridized carbons (Fsp3) is 0.812. The third-order valence-corrected chi connectivity index (χ3v) is 3.91. The number of rotatable bonds is 8. The molecule has 4 nitrogen and oxygen atoms in total. The van der Waals surface area contributed by atoms with Crippen molar-refractivity contribution >= 4 is 5.96 Å². The summed E-state index contributed by atoms with van der Waals surface area (Å²) in [6.07, 6.45) is 5.47. The van der Waals surface area contributed by atoms with Gasteiger partial charge in [0.2, 0.25) is 0 Å². The number of nitrogens with one attached hydrogen (secondary N) is 1. The van der Waals surface area contributed by atoms with Crippen LogP contribution in [0.3, 0.4) is 0 Å². The van der Waals surface area contributed by atoms with Crippen molar-refractivity contribution in [2.75, 3.05) is 46.3 Å². The van der Waals surface area contributed by atoms with Crippen molar-refractivity contribution in [3.63, 3.8) is 0 Å². The smallest absolute Gasteiger partial charge is 0.193 e. The summed E-state index contributed by atoms with van der Waals surface area (Å²) in [4.78, 5) is 9.57. The summed E-state index contributed by atoms with van der Waals surface area (Å²) in [5.74, 6) is 1.77. The fourth-order valence-corrected chi connectivity index (χ4v) is 2.61. The van der Waals surface area contributed by atoms with Crippen LogP contribution in [0, 0.1) is 5.92 Å². The van der Waals surface area contributed by atoms with Gasteiger partial charge in [-0.05, 0) is 45.2 Å². The highest BCUT2D eigenvalue weighted by Crippen LogP contribution is 2.15. The van der Waals surface area contributed by atoms with Crippen LogP contribution in [0.4, 0.5) is 0 Å². The van der Waals surface area contributed by atoms with Gasteiger partial charge in [0, 0.05) is 33.2 Å². The summed E-state index contributed by atoms with van der Waals surface area (Å²) in [5, 5.41) is 3.39. The van der Waals surface area contributed by atoms with E-state index in [1.54, 1.807) is 0 Å². The average Bonchev–Trinajstić information content (AvgIpc) is 2.91. The number of aliphatic imine (C=N–C) groups is 1. The zero-order valence-electron chi connectivity index (χ0n) is 13.6. The molecule has 0 aliphatic carbocycles. The molecule has 0 amide bonds. The maximum absolute atomic E-state index is 4.82. The van der Waals surface area contributed by atoms with Crippen molar-refractivity contribution in [2.24, 2.45) is 10.9 Å². The molecular weight excluding hydrogens is 248 g/mol. The van der Waals surface area contributed by atoms with Crippen LogP contribution < -0.4 is 5.32 Å². The molecule has 0 spiro atoms. The van der Waals surface area contributed by atoms with Crippen LogP contribution in [0.15, 0.2) is 17.6 Å². The van der Waals surface area contributed by atoms with E-state index in [0.717, 1.165) is 44.4 Å². The van der Waals surface area contributed by atoms with Crippen molar-refractivity contribution < 1.29 is 0 Å². The van der Waals surface area contributed by atoms with Gasteiger partial charge in [-0.1, -0.05) is 13.0 Å². The van der Waals surface area contributed by atoms with Crippen molar-refractivity contribution in [3.05, 3.63) is 12.7 Å². The van der Waals surface area contributed by atoms with E-state index >= 15 is 0 Å². The first-order valence-corrected chi connectivity index (χ1v) is 8.03. The molecular formula is C16H32N4. The Morgan fingerprint density at radius 1 is 1.50 bits per heavy atom. The van der Waals surface area contributed by atoms with E-state index in [0.29, 0.717) is 0 Å². The maximum Gasteiger partial charge on any atom is 0.193 e. The summed E-state index contributed by atoms with van der Waals surface area (Å²) in [5.41, 5.74) is 0. The van der Waals surface area contributed by atoms with Crippen molar-refractivity contribution in [2.45, 2.75) is 33.1 Å². The quantitative estimate of drug-likeness (QED) is 0.320. The number of hydrogen-bond acceptors (Lipinski definition) is 2. The Labute approximate surface area is 124 Å². The third-order valence-electron chi connectivity index (χ3n) is 3.91. The van der Waals surface area contributed by atoms with Gasteiger partial charge in [-0.15, -0.1) is 6.58 Å². The van der Waals surface area contributed by atoms with Gasteiger partial charge in [0.15, 0.2) is 5.96 Å². The third kappa shape index (κ3) is 5.95. The molecule has 4 heteroatoms. The largest absolute Gasteiger partial charge is 0.357 e. The number of unbranched alkanes of at least 4 members (excludes halogenated alkanes) is 1. The SMILES string of the molecule is C=CCCCN(C)C(=NCC1CCN(CC)C1)NCC. The second-order valence-electron chi connectivity index (χ2n) is 5.60. The molecule has 1 saturated heterocycles. The Balaban J connectivity index is 2.43. The molecule has 1 aliphatic rings. The van der Waals surface area contributed by atoms with E-state index in [2.05, 4.69) is 42.6 Å². The van der Waals surface area contributed by atoms with Gasteiger partial charge in [-0.3, -0.25) is 4.99 Å². The van der Waals surface area contributed by atoms with Crippen LogP contribution in [0.5, 0.6) is 0 Å². The van der Waals surface area contributed by atoms with Crippen LogP contribution in [0.1, 0.15) is 33.1 Å². The zero-order chi connectivity index (χ0) is 14.8. The van der Waals surface area contributed by atoms with Crippen LogP contribution in [-0.4, -0.2) is 62.1 Å². The Morgan fingerprint density at radius 3 is 2.90 bits per heavy atom. The van der Waals surface area contributed by atoms with Gasteiger partial charge < -0.3 is 15.1 Å². The summed E-state index contributed by atoms with van der Waals surface area (Å²) in [6.45, 7) is 14.7. The lowest BCUT2D eigenvalue weighted by molar-refractivity contribution is 0.343. The number of hydrogen-bond donors (Lipinski definition) is 1. The average molecular weight is 280 g/mol. The first-order chi connectivity index (χ1) is 9.71.